The fourth-order valence-corrected chi connectivity index (χ4v) is 2.10. The molecule has 0 unspecified atom stereocenters. The second-order valence-electron chi connectivity index (χ2n) is 6.00. The van der Waals surface area contributed by atoms with E-state index in [1.165, 1.54) is 19.9 Å². The molecule has 120 valence electrons. The van der Waals surface area contributed by atoms with Gasteiger partial charge < -0.3 is 14.2 Å². The maximum atomic E-state index is 11.9. The van der Waals surface area contributed by atoms with E-state index in [4.69, 9.17) is 14.2 Å². The molecule has 0 spiro atoms. The summed E-state index contributed by atoms with van der Waals surface area (Å²) >= 11 is 0. The number of rotatable bonds is 3. The van der Waals surface area contributed by atoms with Gasteiger partial charge in [-0.25, -0.2) is 9.59 Å². The highest BCUT2D eigenvalue weighted by Crippen LogP contribution is 2.31. The molecule has 6 nitrogen and oxygen atoms in total. The number of hydrogen-bond donors (Lipinski definition) is 0. The fraction of sp³-hybridized carbons (Fsp3) is 0.353. The van der Waals surface area contributed by atoms with Crippen molar-refractivity contribution < 1.29 is 28.6 Å². The summed E-state index contributed by atoms with van der Waals surface area (Å²) in [5, 5.41) is 0. The zero-order valence-electron chi connectivity index (χ0n) is 12.8. The predicted octanol–water partition coefficient (Wildman–Crippen LogP) is 2.22. The lowest BCUT2D eigenvalue weighted by Crippen LogP contribution is -2.41. The van der Waals surface area contributed by atoms with E-state index >= 15 is 0 Å². The van der Waals surface area contributed by atoms with Crippen molar-refractivity contribution in [1.29, 1.82) is 0 Å². The molecule has 2 aliphatic rings. The molecule has 0 aromatic heterocycles. The minimum absolute atomic E-state index is 0.0203. The van der Waals surface area contributed by atoms with Crippen molar-refractivity contribution in [3.05, 3.63) is 35.4 Å². The Labute approximate surface area is 133 Å². The fourth-order valence-electron chi connectivity index (χ4n) is 2.10. The van der Waals surface area contributed by atoms with E-state index in [-0.39, 0.29) is 17.5 Å². The Morgan fingerprint density at radius 1 is 1.13 bits per heavy atom. The molecule has 0 radical (unpaired) electrons. The van der Waals surface area contributed by atoms with Gasteiger partial charge in [0.05, 0.1) is 5.92 Å². The van der Waals surface area contributed by atoms with Crippen LogP contribution in [0.4, 0.5) is 0 Å². The average Bonchev–Trinajstić information content (AvgIpc) is 3.28. The first kappa shape index (κ1) is 15.3. The van der Waals surface area contributed by atoms with Crippen LogP contribution < -0.4 is 4.74 Å². The highest BCUT2D eigenvalue weighted by atomic mass is 16.7. The number of cyclic esters (lactones) is 2. The highest BCUT2D eigenvalue weighted by Gasteiger charge is 2.38. The molecule has 0 N–H and O–H groups in total. The number of benzene rings is 1. The van der Waals surface area contributed by atoms with Crippen LogP contribution in [-0.4, -0.2) is 23.7 Å². The molecule has 1 aromatic carbocycles. The Morgan fingerprint density at radius 3 is 2.22 bits per heavy atom. The maximum absolute atomic E-state index is 11.9. The van der Waals surface area contributed by atoms with Crippen LogP contribution in [0.3, 0.4) is 0 Å². The van der Waals surface area contributed by atoms with Crippen molar-refractivity contribution in [3.8, 4) is 5.75 Å². The van der Waals surface area contributed by atoms with Crippen molar-refractivity contribution in [2.45, 2.75) is 32.5 Å². The Balaban J connectivity index is 1.73. The Bertz CT molecular complexity index is 672. The minimum atomic E-state index is -1.26. The van der Waals surface area contributed by atoms with Crippen LogP contribution >= 0.6 is 0 Å². The van der Waals surface area contributed by atoms with Gasteiger partial charge in [0.1, 0.15) is 11.3 Å². The first-order chi connectivity index (χ1) is 10.8. The maximum Gasteiger partial charge on any atom is 0.348 e. The average molecular weight is 316 g/mol. The van der Waals surface area contributed by atoms with Crippen molar-refractivity contribution in [1.82, 2.24) is 0 Å². The molecule has 0 atom stereocenters. The Kier molecular flexibility index (Phi) is 3.67. The highest BCUT2D eigenvalue weighted by molar-refractivity contribution is 6.18. The molecule has 3 rings (SSSR count). The van der Waals surface area contributed by atoms with E-state index < -0.39 is 17.7 Å². The third-order valence-electron chi connectivity index (χ3n) is 3.44. The second-order valence-corrected chi connectivity index (χ2v) is 6.00. The van der Waals surface area contributed by atoms with Gasteiger partial charge in [0.2, 0.25) is 0 Å². The number of carbonyl (C=O) groups is 3. The largest absolute Gasteiger partial charge is 0.426 e. The van der Waals surface area contributed by atoms with Crippen LogP contribution in [0.1, 0.15) is 32.3 Å². The molecular formula is C17H16O6. The van der Waals surface area contributed by atoms with E-state index in [1.807, 2.05) is 0 Å². The molecule has 0 bridgehead atoms. The zero-order valence-corrected chi connectivity index (χ0v) is 12.8. The number of esters is 3. The summed E-state index contributed by atoms with van der Waals surface area (Å²) in [7, 11) is 0. The van der Waals surface area contributed by atoms with Gasteiger partial charge in [-0.2, -0.15) is 0 Å². The lowest BCUT2D eigenvalue weighted by Gasteiger charge is -2.29. The van der Waals surface area contributed by atoms with E-state index in [1.54, 1.807) is 24.3 Å². The first-order valence-electron chi connectivity index (χ1n) is 7.34. The third-order valence-corrected chi connectivity index (χ3v) is 3.44. The summed E-state index contributed by atoms with van der Waals surface area (Å²) in [6, 6.07) is 6.50. The molecule has 1 heterocycles. The minimum Gasteiger partial charge on any atom is -0.426 e. The van der Waals surface area contributed by atoms with Crippen LogP contribution in [0.5, 0.6) is 5.75 Å². The topological polar surface area (TPSA) is 78.9 Å². The lowest BCUT2D eigenvalue weighted by atomic mass is 10.1. The van der Waals surface area contributed by atoms with Crippen molar-refractivity contribution in [2.75, 3.05) is 0 Å². The molecule has 2 fully saturated rings. The summed E-state index contributed by atoms with van der Waals surface area (Å²) in [6.07, 6.45) is 3.14. The van der Waals surface area contributed by atoms with Crippen LogP contribution in [0.15, 0.2) is 29.8 Å². The summed E-state index contributed by atoms with van der Waals surface area (Å²) < 4.78 is 15.2. The van der Waals surface area contributed by atoms with Crippen LogP contribution in [0.2, 0.25) is 0 Å². The van der Waals surface area contributed by atoms with E-state index in [0.29, 0.717) is 11.3 Å². The molecule has 1 aliphatic carbocycles. The molecule has 23 heavy (non-hydrogen) atoms. The second kappa shape index (κ2) is 5.53. The summed E-state index contributed by atoms with van der Waals surface area (Å²) in [6.45, 7) is 2.98. The van der Waals surface area contributed by atoms with Gasteiger partial charge in [-0.05, 0) is 36.6 Å². The smallest absolute Gasteiger partial charge is 0.348 e. The number of ether oxygens (including phenoxy) is 3. The first-order valence-corrected chi connectivity index (χ1v) is 7.34. The van der Waals surface area contributed by atoms with E-state index in [0.717, 1.165) is 12.8 Å². The van der Waals surface area contributed by atoms with Crippen LogP contribution in [-0.2, 0) is 23.9 Å². The van der Waals surface area contributed by atoms with E-state index in [9.17, 15) is 14.4 Å². The zero-order chi connectivity index (χ0) is 16.6. The number of carbonyl (C=O) groups excluding carboxylic acids is 3. The molecule has 0 amide bonds. The van der Waals surface area contributed by atoms with Crippen molar-refractivity contribution >= 4 is 24.0 Å². The Hall–Kier alpha value is -2.63. The third kappa shape index (κ3) is 3.59. The summed E-state index contributed by atoms with van der Waals surface area (Å²) in [5.74, 6) is -2.48. The molecule has 6 heteroatoms. The van der Waals surface area contributed by atoms with Crippen molar-refractivity contribution in [3.63, 3.8) is 0 Å². The molecule has 1 saturated carbocycles. The van der Waals surface area contributed by atoms with Gasteiger partial charge in [-0.3, -0.25) is 4.79 Å². The van der Waals surface area contributed by atoms with E-state index in [2.05, 4.69) is 0 Å². The molecule has 1 aromatic rings. The van der Waals surface area contributed by atoms with Gasteiger partial charge >= 0.3 is 17.9 Å². The van der Waals surface area contributed by atoms with Gasteiger partial charge in [0, 0.05) is 13.8 Å². The normalized spacial score (nSPS) is 19.7. The predicted molar refractivity (Wildman–Crippen MR) is 79.0 cm³/mol. The summed E-state index contributed by atoms with van der Waals surface area (Å²) in [5.41, 5.74) is 0.423. The van der Waals surface area contributed by atoms with Gasteiger partial charge in [-0.15, -0.1) is 0 Å². The SMILES string of the molecule is CC1(C)OC(=O)C(=Cc2ccc(OC(=O)C3CC3)cc2)C(=O)O1. The van der Waals surface area contributed by atoms with Gasteiger partial charge in [0.25, 0.3) is 5.79 Å². The quantitative estimate of drug-likeness (QED) is 0.368. The Morgan fingerprint density at radius 2 is 1.70 bits per heavy atom. The molecule has 1 saturated heterocycles. The number of hydrogen-bond acceptors (Lipinski definition) is 6. The molecular weight excluding hydrogens is 300 g/mol. The molecule has 1 aliphatic heterocycles. The monoisotopic (exact) mass is 316 g/mol. The van der Waals surface area contributed by atoms with Crippen molar-refractivity contribution in [2.24, 2.45) is 5.92 Å². The summed E-state index contributed by atoms with van der Waals surface area (Å²) in [4.78, 5) is 35.3. The van der Waals surface area contributed by atoms with Gasteiger partial charge in [-0.1, -0.05) is 12.1 Å². The standard InChI is InChI=1S/C17H16O6/c1-17(2)22-15(19)13(16(20)23-17)9-10-3-7-12(8-4-10)21-14(18)11-5-6-11/h3-4,7-9,11H,5-6H2,1-2H3. The lowest BCUT2D eigenvalue weighted by molar-refractivity contribution is -0.222. The van der Waals surface area contributed by atoms with Crippen LogP contribution in [0, 0.1) is 5.92 Å². The van der Waals surface area contributed by atoms with Gasteiger partial charge in [0.15, 0.2) is 0 Å². The van der Waals surface area contributed by atoms with Crippen LogP contribution in [0.25, 0.3) is 6.08 Å².